The van der Waals surface area contributed by atoms with Crippen LogP contribution in [0.3, 0.4) is 0 Å². The van der Waals surface area contributed by atoms with Gasteiger partial charge in [0.2, 0.25) is 11.5 Å². The highest BCUT2D eigenvalue weighted by Crippen LogP contribution is 2.38. The molecular formula is C20H22FN5O. The predicted molar refractivity (Wildman–Crippen MR) is 102 cm³/mol. The van der Waals surface area contributed by atoms with E-state index in [-0.39, 0.29) is 11.0 Å². The van der Waals surface area contributed by atoms with Crippen molar-refractivity contribution in [3.63, 3.8) is 0 Å². The van der Waals surface area contributed by atoms with Gasteiger partial charge in [0.05, 0.1) is 5.69 Å². The lowest BCUT2D eigenvalue weighted by Crippen LogP contribution is -2.21. The minimum Gasteiger partial charge on any atom is -0.366 e. The second-order valence-corrected chi connectivity index (χ2v) is 7.85. The number of fused-ring (bicyclic) bond motifs is 1. The fourth-order valence-electron chi connectivity index (χ4n) is 3.60. The maximum absolute atomic E-state index is 14.1. The van der Waals surface area contributed by atoms with Gasteiger partial charge in [0, 0.05) is 41.7 Å². The molecule has 3 aromatic rings. The lowest BCUT2D eigenvalue weighted by molar-refractivity contribution is 0.312. The van der Waals surface area contributed by atoms with Gasteiger partial charge in [0.15, 0.2) is 0 Å². The molecule has 27 heavy (non-hydrogen) atoms. The number of nitrogens with zero attached hydrogens (tertiary/aromatic N) is 2. The maximum atomic E-state index is 14.1. The van der Waals surface area contributed by atoms with Crippen LogP contribution in [0.5, 0.6) is 0 Å². The van der Waals surface area contributed by atoms with E-state index >= 15 is 0 Å². The van der Waals surface area contributed by atoms with Crippen molar-refractivity contribution in [2.45, 2.75) is 39.7 Å². The molecule has 1 aliphatic carbocycles. The van der Waals surface area contributed by atoms with Gasteiger partial charge < -0.3 is 10.3 Å². The highest BCUT2D eigenvalue weighted by Gasteiger charge is 2.29. The van der Waals surface area contributed by atoms with Crippen molar-refractivity contribution in [1.82, 2.24) is 20.2 Å². The molecule has 0 bridgehead atoms. The minimum absolute atomic E-state index is 0.173. The van der Waals surface area contributed by atoms with E-state index in [1.54, 1.807) is 18.3 Å². The van der Waals surface area contributed by atoms with Crippen LogP contribution in [0.2, 0.25) is 0 Å². The van der Waals surface area contributed by atoms with Gasteiger partial charge in [0.25, 0.3) is 0 Å². The summed E-state index contributed by atoms with van der Waals surface area (Å²) in [5.74, 6) is -0.146. The summed E-state index contributed by atoms with van der Waals surface area (Å²) in [6.45, 7) is 4.88. The molecule has 3 aromatic heterocycles. The third kappa shape index (κ3) is 3.77. The van der Waals surface area contributed by atoms with Crippen LogP contribution in [-0.4, -0.2) is 20.2 Å². The van der Waals surface area contributed by atoms with E-state index in [4.69, 9.17) is 0 Å². The molecule has 0 aliphatic heterocycles. The van der Waals surface area contributed by atoms with Crippen LogP contribution < -0.4 is 10.9 Å². The second-order valence-electron chi connectivity index (χ2n) is 7.85. The van der Waals surface area contributed by atoms with Crippen molar-refractivity contribution in [3.05, 3.63) is 63.6 Å². The summed E-state index contributed by atoms with van der Waals surface area (Å²) >= 11 is 0. The molecule has 0 saturated heterocycles. The molecule has 0 unspecified atom stereocenters. The number of hydrogen-bond acceptors (Lipinski definition) is 4. The van der Waals surface area contributed by atoms with E-state index in [1.807, 2.05) is 0 Å². The summed E-state index contributed by atoms with van der Waals surface area (Å²) < 4.78 is 14.1. The fraction of sp³-hybridized carbons (Fsp3) is 0.350. The first kappa shape index (κ1) is 17.5. The average Bonchev–Trinajstić information content (AvgIpc) is 3.01. The first-order valence-electron chi connectivity index (χ1n) is 9.05. The van der Waals surface area contributed by atoms with E-state index in [1.165, 1.54) is 17.7 Å². The van der Waals surface area contributed by atoms with Crippen molar-refractivity contribution < 1.29 is 4.39 Å². The van der Waals surface area contributed by atoms with E-state index in [9.17, 15) is 9.18 Å². The van der Waals surface area contributed by atoms with Crippen LogP contribution in [0.1, 0.15) is 37.1 Å². The zero-order chi connectivity index (χ0) is 19.0. The first-order valence-corrected chi connectivity index (χ1v) is 9.05. The highest BCUT2D eigenvalue weighted by molar-refractivity contribution is 5.67. The van der Waals surface area contributed by atoms with Crippen LogP contribution in [0.15, 0.2) is 35.3 Å². The molecule has 0 spiro atoms. The van der Waals surface area contributed by atoms with Crippen LogP contribution in [0.25, 0.3) is 11.3 Å². The van der Waals surface area contributed by atoms with E-state index in [2.05, 4.69) is 39.3 Å². The molecule has 3 N–H and O–H groups in total. The summed E-state index contributed by atoms with van der Waals surface area (Å²) in [4.78, 5) is 17.9. The van der Waals surface area contributed by atoms with E-state index in [0.717, 1.165) is 36.2 Å². The summed E-state index contributed by atoms with van der Waals surface area (Å²) in [7, 11) is 0. The molecular weight excluding hydrogens is 345 g/mol. The molecule has 4 rings (SSSR count). The molecule has 140 valence electrons. The quantitative estimate of drug-likeness (QED) is 0.617. The Bertz CT molecular complexity index is 1040. The number of halogens is 1. The number of pyridine rings is 2. The maximum Gasteiger partial charge on any atom is 0.248 e. The van der Waals surface area contributed by atoms with Gasteiger partial charge in [-0.3, -0.25) is 9.89 Å². The molecule has 0 amide bonds. The number of aromatic amines is 2. The standard InChI is InChI=1S/C20H22FN5O/c1-20(2)5-3-14-15(10-20)25-26-19(14)13-8-16(21)24-17(9-13)23-11-12-4-6-22-18(27)7-12/h4,6-9H,3,5,10-11H2,1-2H3,(H,22,27)(H,23,24)(H,25,26). The number of aromatic nitrogens is 4. The molecule has 0 fully saturated rings. The summed E-state index contributed by atoms with van der Waals surface area (Å²) in [5, 5.41) is 10.7. The third-order valence-corrected chi connectivity index (χ3v) is 5.04. The van der Waals surface area contributed by atoms with E-state index in [0.29, 0.717) is 17.9 Å². The monoisotopic (exact) mass is 367 g/mol. The zero-order valence-electron chi connectivity index (χ0n) is 15.4. The van der Waals surface area contributed by atoms with Crippen LogP contribution in [-0.2, 0) is 19.4 Å². The van der Waals surface area contributed by atoms with Gasteiger partial charge in [-0.2, -0.15) is 9.49 Å². The zero-order valence-corrected chi connectivity index (χ0v) is 15.4. The smallest absolute Gasteiger partial charge is 0.248 e. The van der Waals surface area contributed by atoms with E-state index < -0.39 is 5.95 Å². The Kier molecular flexibility index (Phi) is 4.30. The lowest BCUT2D eigenvalue weighted by atomic mass is 9.76. The third-order valence-electron chi connectivity index (χ3n) is 5.04. The largest absolute Gasteiger partial charge is 0.366 e. The Balaban J connectivity index is 1.60. The normalized spacial score (nSPS) is 15.4. The highest BCUT2D eigenvalue weighted by atomic mass is 19.1. The number of anilines is 1. The van der Waals surface area contributed by atoms with Gasteiger partial charge >= 0.3 is 0 Å². The summed E-state index contributed by atoms with van der Waals surface area (Å²) in [6, 6.07) is 6.50. The van der Waals surface area contributed by atoms with Gasteiger partial charge in [-0.15, -0.1) is 0 Å². The molecule has 3 heterocycles. The molecule has 0 aromatic carbocycles. The van der Waals surface area contributed by atoms with Crippen LogP contribution >= 0.6 is 0 Å². The lowest BCUT2D eigenvalue weighted by Gasteiger charge is -2.29. The van der Waals surface area contributed by atoms with Gasteiger partial charge in [0.1, 0.15) is 5.82 Å². The van der Waals surface area contributed by atoms with Crippen molar-refractivity contribution in [2.24, 2.45) is 5.41 Å². The Morgan fingerprint density at radius 3 is 2.96 bits per heavy atom. The first-order chi connectivity index (χ1) is 12.9. The Morgan fingerprint density at radius 1 is 1.30 bits per heavy atom. The minimum atomic E-state index is -0.561. The Morgan fingerprint density at radius 2 is 2.15 bits per heavy atom. The number of nitrogens with one attached hydrogen (secondary N) is 3. The summed E-state index contributed by atoms with van der Waals surface area (Å²) in [5.41, 5.74) is 4.67. The van der Waals surface area contributed by atoms with Gasteiger partial charge in [-0.05, 0) is 42.4 Å². The number of hydrogen-bond donors (Lipinski definition) is 3. The molecule has 0 radical (unpaired) electrons. The summed E-state index contributed by atoms with van der Waals surface area (Å²) in [6.07, 6.45) is 4.53. The molecule has 0 saturated carbocycles. The van der Waals surface area contributed by atoms with Crippen LogP contribution in [0.4, 0.5) is 10.2 Å². The molecule has 6 nitrogen and oxygen atoms in total. The van der Waals surface area contributed by atoms with Crippen LogP contribution in [0, 0.1) is 11.4 Å². The molecule has 1 aliphatic rings. The second kappa shape index (κ2) is 6.64. The predicted octanol–water partition coefficient (Wildman–Crippen LogP) is 3.43. The van der Waals surface area contributed by atoms with Crippen molar-refractivity contribution in [2.75, 3.05) is 5.32 Å². The molecule has 0 atom stereocenters. The number of H-pyrrole nitrogens is 2. The Labute approximate surface area is 156 Å². The van der Waals surface area contributed by atoms with Crippen molar-refractivity contribution in [3.8, 4) is 11.3 Å². The van der Waals surface area contributed by atoms with Gasteiger partial charge in [-0.1, -0.05) is 13.8 Å². The number of rotatable bonds is 4. The Hall–Kier alpha value is -2.96. The van der Waals surface area contributed by atoms with Crippen molar-refractivity contribution in [1.29, 1.82) is 0 Å². The molecule has 7 heteroatoms. The van der Waals surface area contributed by atoms with Crippen molar-refractivity contribution >= 4 is 5.82 Å². The fourth-order valence-corrected chi connectivity index (χ4v) is 3.60. The van der Waals surface area contributed by atoms with Gasteiger partial charge in [-0.25, -0.2) is 4.98 Å². The average molecular weight is 367 g/mol. The topological polar surface area (TPSA) is 86.5 Å². The SMILES string of the molecule is CC1(C)CCc2c(-c3cc(F)nc(NCc4cc[nH]c(=O)c4)c3)n[nH]c2C1.